The number of carbonyl (C=O) groups excluding carboxylic acids is 1. The molecule has 0 aliphatic carbocycles. The van der Waals surface area contributed by atoms with Crippen LogP contribution >= 0.6 is 11.8 Å². The van der Waals surface area contributed by atoms with E-state index in [2.05, 4.69) is 32.2 Å². The molecule has 0 spiro atoms. The Kier molecular flexibility index (Phi) is 4.82. The number of furan rings is 1. The summed E-state index contributed by atoms with van der Waals surface area (Å²) in [5.41, 5.74) is 2.81. The number of carbonyl (C=O) groups is 2. The monoisotopic (exact) mass is 361 g/mol. The normalized spacial score (nSPS) is 20.3. The summed E-state index contributed by atoms with van der Waals surface area (Å²) >= 11 is 1.55. The number of aryl methyl sites for hydroxylation is 1. The molecule has 2 heterocycles. The molecular weight excluding hydrogens is 338 g/mol. The molecule has 0 radical (unpaired) electrons. The SMILES string of the molecule is Cc1cc2occ(CC(=O)NC3(C(=O)O)CCSC3)c2cc1C(C)C. The van der Waals surface area contributed by atoms with Crippen molar-refractivity contribution in [1.82, 2.24) is 5.32 Å². The van der Waals surface area contributed by atoms with Crippen LogP contribution in [0, 0.1) is 6.92 Å². The van der Waals surface area contributed by atoms with E-state index in [0.717, 1.165) is 22.3 Å². The van der Waals surface area contributed by atoms with E-state index in [1.54, 1.807) is 18.0 Å². The number of benzene rings is 1. The van der Waals surface area contributed by atoms with Gasteiger partial charge in [-0.2, -0.15) is 11.8 Å². The number of aliphatic carboxylic acids is 1. The van der Waals surface area contributed by atoms with Gasteiger partial charge < -0.3 is 14.8 Å². The van der Waals surface area contributed by atoms with Gasteiger partial charge in [-0.25, -0.2) is 4.79 Å². The van der Waals surface area contributed by atoms with Crippen LogP contribution in [0.15, 0.2) is 22.8 Å². The molecule has 1 amide bonds. The molecule has 6 heteroatoms. The number of nitrogens with one attached hydrogen (secondary N) is 1. The molecule has 1 unspecified atom stereocenters. The number of hydrogen-bond acceptors (Lipinski definition) is 4. The lowest BCUT2D eigenvalue weighted by Crippen LogP contribution is -2.55. The first kappa shape index (κ1) is 17.9. The quantitative estimate of drug-likeness (QED) is 0.852. The van der Waals surface area contributed by atoms with Crippen LogP contribution in [-0.4, -0.2) is 34.0 Å². The van der Waals surface area contributed by atoms with Crippen molar-refractivity contribution in [1.29, 1.82) is 0 Å². The van der Waals surface area contributed by atoms with E-state index >= 15 is 0 Å². The van der Waals surface area contributed by atoms with Crippen molar-refractivity contribution < 1.29 is 19.1 Å². The number of fused-ring (bicyclic) bond motifs is 1. The van der Waals surface area contributed by atoms with Gasteiger partial charge in [-0.05, 0) is 48.3 Å². The van der Waals surface area contributed by atoms with Gasteiger partial charge in [0.15, 0.2) is 0 Å². The molecule has 1 aromatic heterocycles. The summed E-state index contributed by atoms with van der Waals surface area (Å²) < 4.78 is 5.61. The van der Waals surface area contributed by atoms with E-state index in [9.17, 15) is 14.7 Å². The molecule has 5 nitrogen and oxygen atoms in total. The lowest BCUT2D eigenvalue weighted by atomic mass is 9.95. The second-order valence-electron chi connectivity index (χ2n) is 7.04. The third kappa shape index (κ3) is 3.40. The molecule has 25 heavy (non-hydrogen) atoms. The minimum Gasteiger partial charge on any atom is -0.479 e. The van der Waals surface area contributed by atoms with Crippen LogP contribution in [0.1, 0.15) is 42.9 Å². The van der Waals surface area contributed by atoms with Crippen molar-refractivity contribution in [3.8, 4) is 0 Å². The molecule has 3 rings (SSSR count). The molecule has 1 aliphatic rings. The molecule has 1 aromatic carbocycles. The van der Waals surface area contributed by atoms with Gasteiger partial charge in [0.2, 0.25) is 5.91 Å². The zero-order valence-corrected chi connectivity index (χ0v) is 15.5. The lowest BCUT2D eigenvalue weighted by molar-refractivity contribution is -0.146. The van der Waals surface area contributed by atoms with Crippen molar-refractivity contribution in [2.75, 3.05) is 11.5 Å². The summed E-state index contributed by atoms with van der Waals surface area (Å²) in [5.74, 6) is 0.307. The Labute approximate surface area is 151 Å². The highest BCUT2D eigenvalue weighted by Crippen LogP contribution is 2.30. The van der Waals surface area contributed by atoms with Gasteiger partial charge in [-0.15, -0.1) is 0 Å². The Morgan fingerprint density at radius 2 is 2.16 bits per heavy atom. The molecule has 0 saturated carbocycles. The van der Waals surface area contributed by atoms with Gasteiger partial charge in [0.05, 0.1) is 12.7 Å². The summed E-state index contributed by atoms with van der Waals surface area (Å²) in [7, 11) is 0. The number of hydrogen-bond donors (Lipinski definition) is 2. The lowest BCUT2D eigenvalue weighted by Gasteiger charge is -2.24. The molecule has 2 N–H and O–H groups in total. The fraction of sp³-hybridized carbons (Fsp3) is 0.474. The Hall–Kier alpha value is -1.95. The van der Waals surface area contributed by atoms with Gasteiger partial charge in [0, 0.05) is 16.7 Å². The highest BCUT2D eigenvalue weighted by Gasteiger charge is 2.43. The average molecular weight is 361 g/mol. The molecular formula is C19H23NO4S. The summed E-state index contributed by atoms with van der Waals surface area (Å²) in [5, 5.41) is 13.2. The smallest absolute Gasteiger partial charge is 0.330 e. The van der Waals surface area contributed by atoms with E-state index in [4.69, 9.17) is 4.42 Å². The van der Waals surface area contributed by atoms with Crippen LogP contribution in [0.4, 0.5) is 0 Å². The number of thioether (sulfide) groups is 1. The van der Waals surface area contributed by atoms with Crippen LogP contribution in [-0.2, 0) is 16.0 Å². The number of amides is 1. The topological polar surface area (TPSA) is 79.5 Å². The standard InChI is InChI=1S/C19H23NO4S/c1-11(2)14-8-15-13(9-24-16(15)6-12(14)3)7-17(21)20-19(18(22)23)4-5-25-10-19/h6,8-9,11H,4-5,7,10H2,1-3H3,(H,20,21)(H,22,23). The minimum atomic E-state index is -1.14. The van der Waals surface area contributed by atoms with Crippen molar-refractivity contribution in [3.05, 3.63) is 35.1 Å². The summed E-state index contributed by atoms with van der Waals surface area (Å²) in [6.07, 6.45) is 2.18. The van der Waals surface area contributed by atoms with Gasteiger partial charge in [-0.3, -0.25) is 4.79 Å². The zero-order chi connectivity index (χ0) is 18.2. The predicted octanol–water partition coefficient (Wildman–Crippen LogP) is 3.48. The summed E-state index contributed by atoms with van der Waals surface area (Å²) in [6, 6.07) is 4.08. The fourth-order valence-electron chi connectivity index (χ4n) is 3.37. The van der Waals surface area contributed by atoms with Crippen LogP contribution in [0.5, 0.6) is 0 Å². The first-order valence-corrected chi connectivity index (χ1v) is 9.60. The minimum absolute atomic E-state index is 0.118. The highest BCUT2D eigenvalue weighted by atomic mass is 32.2. The van der Waals surface area contributed by atoms with Crippen molar-refractivity contribution in [3.63, 3.8) is 0 Å². The van der Waals surface area contributed by atoms with Crippen LogP contribution in [0.3, 0.4) is 0 Å². The second-order valence-corrected chi connectivity index (χ2v) is 8.14. The van der Waals surface area contributed by atoms with Gasteiger partial charge in [-0.1, -0.05) is 13.8 Å². The molecule has 134 valence electrons. The zero-order valence-electron chi connectivity index (χ0n) is 14.7. The Balaban J connectivity index is 1.84. The number of carboxylic acids is 1. The van der Waals surface area contributed by atoms with E-state index in [1.165, 1.54) is 11.1 Å². The first-order chi connectivity index (χ1) is 11.8. The van der Waals surface area contributed by atoms with Gasteiger partial charge in [0.25, 0.3) is 0 Å². The molecule has 1 atom stereocenters. The van der Waals surface area contributed by atoms with E-state index in [-0.39, 0.29) is 12.3 Å². The van der Waals surface area contributed by atoms with Crippen LogP contribution in [0.2, 0.25) is 0 Å². The molecule has 0 bridgehead atoms. The maximum Gasteiger partial charge on any atom is 0.330 e. The Morgan fingerprint density at radius 1 is 1.40 bits per heavy atom. The summed E-state index contributed by atoms with van der Waals surface area (Å²) in [4.78, 5) is 24.1. The third-order valence-corrected chi connectivity index (χ3v) is 6.01. The average Bonchev–Trinajstić information content (AvgIpc) is 3.14. The first-order valence-electron chi connectivity index (χ1n) is 8.45. The van der Waals surface area contributed by atoms with Gasteiger partial charge >= 0.3 is 5.97 Å². The highest BCUT2D eigenvalue weighted by molar-refractivity contribution is 7.99. The van der Waals surface area contributed by atoms with Crippen LogP contribution < -0.4 is 5.32 Å². The third-order valence-electron chi connectivity index (χ3n) is 4.83. The molecule has 1 aliphatic heterocycles. The van der Waals surface area contributed by atoms with Crippen LogP contribution in [0.25, 0.3) is 11.0 Å². The molecule has 1 fully saturated rings. The fourth-order valence-corrected chi connectivity index (χ4v) is 4.70. The Bertz CT molecular complexity index is 818. The van der Waals surface area contributed by atoms with E-state index in [1.807, 2.05) is 6.07 Å². The summed E-state index contributed by atoms with van der Waals surface area (Å²) in [6.45, 7) is 6.32. The molecule has 1 saturated heterocycles. The van der Waals surface area contributed by atoms with Crippen molar-refractivity contribution in [2.24, 2.45) is 0 Å². The van der Waals surface area contributed by atoms with Crippen molar-refractivity contribution >= 4 is 34.6 Å². The second kappa shape index (κ2) is 6.75. The number of carboxylic acid groups (broad SMARTS) is 1. The van der Waals surface area contributed by atoms with E-state index < -0.39 is 11.5 Å². The largest absolute Gasteiger partial charge is 0.479 e. The maximum absolute atomic E-state index is 12.5. The van der Waals surface area contributed by atoms with Gasteiger partial charge in [0.1, 0.15) is 11.1 Å². The molecule has 2 aromatic rings. The maximum atomic E-state index is 12.5. The van der Waals surface area contributed by atoms with Crippen molar-refractivity contribution in [2.45, 2.75) is 45.1 Å². The predicted molar refractivity (Wildman–Crippen MR) is 99.2 cm³/mol. The Morgan fingerprint density at radius 3 is 2.76 bits per heavy atom. The van der Waals surface area contributed by atoms with E-state index in [0.29, 0.717) is 18.1 Å². The number of rotatable bonds is 5.